The summed E-state index contributed by atoms with van der Waals surface area (Å²) in [6.07, 6.45) is 0. The Morgan fingerprint density at radius 1 is 1.03 bits per heavy atom. The zero-order valence-corrected chi connectivity index (χ0v) is 20.0. The molecule has 180 valence electrons. The van der Waals surface area contributed by atoms with Gasteiger partial charge in [-0.1, -0.05) is 13.0 Å². The van der Waals surface area contributed by atoms with Gasteiger partial charge in [-0.05, 0) is 49.4 Å². The van der Waals surface area contributed by atoms with Gasteiger partial charge >= 0.3 is 0 Å². The molecule has 1 aliphatic rings. The molecular formula is C24H23F2N7OS. The van der Waals surface area contributed by atoms with Crippen LogP contribution in [0.5, 0.6) is 0 Å². The number of aromatic nitrogens is 5. The quantitative estimate of drug-likeness (QED) is 0.429. The molecule has 0 amide bonds. The lowest BCUT2D eigenvalue weighted by Crippen LogP contribution is -2.35. The lowest BCUT2D eigenvalue weighted by Gasteiger charge is -2.28. The third-order valence-electron chi connectivity index (χ3n) is 5.74. The van der Waals surface area contributed by atoms with Crippen molar-refractivity contribution in [3.05, 3.63) is 71.7 Å². The number of hydrogen-bond acceptors (Lipinski definition) is 7. The standard InChI is InChI=1S/C24H23F2N7OS/c1-3-35(34)21-15(2)27-24(29-22(21)28-19-6-4-5-18(26)13-19)32-11-12-33-20(14-32)30-31-23(33)16-7-9-17(25)10-8-16/h4-10,13H,3,11-12,14H2,1-2H3,(H,27,28,29). The minimum atomic E-state index is -1.31. The lowest BCUT2D eigenvalue weighted by molar-refractivity contribution is 0.554. The fraction of sp³-hybridized carbons (Fsp3) is 0.250. The molecule has 11 heteroatoms. The summed E-state index contributed by atoms with van der Waals surface area (Å²) in [7, 11) is -1.31. The first-order chi connectivity index (χ1) is 16.9. The molecule has 4 aromatic rings. The van der Waals surface area contributed by atoms with Gasteiger partial charge in [-0.2, -0.15) is 4.98 Å². The Morgan fingerprint density at radius 3 is 2.57 bits per heavy atom. The summed E-state index contributed by atoms with van der Waals surface area (Å²) in [6, 6.07) is 12.2. The van der Waals surface area contributed by atoms with Crippen LogP contribution >= 0.6 is 0 Å². The fourth-order valence-corrected chi connectivity index (χ4v) is 5.01. The van der Waals surface area contributed by atoms with E-state index in [-0.39, 0.29) is 11.6 Å². The molecule has 2 aromatic heterocycles. The molecule has 0 fully saturated rings. The van der Waals surface area contributed by atoms with Crippen molar-refractivity contribution in [2.45, 2.75) is 31.8 Å². The summed E-state index contributed by atoms with van der Waals surface area (Å²) < 4.78 is 41.9. The van der Waals surface area contributed by atoms with Crippen LogP contribution < -0.4 is 10.2 Å². The fourth-order valence-electron chi connectivity index (χ4n) is 4.03. The predicted octanol–water partition coefficient (Wildman–Crippen LogP) is 4.21. The van der Waals surface area contributed by atoms with Crippen molar-refractivity contribution < 1.29 is 13.0 Å². The number of nitrogens with one attached hydrogen (secondary N) is 1. The number of aryl methyl sites for hydroxylation is 1. The largest absolute Gasteiger partial charge is 0.339 e. The van der Waals surface area contributed by atoms with E-state index < -0.39 is 10.8 Å². The molecule has 0 aliphatic carbocycles. The van der Waals surface area contributed by atoms with Gasteiger partial charge in [-0.3, -0.25) is 4.21 Å². The van der Waals surface area contributed by atoms with Crippen LogP contribution in [-0.4, -0.2) is 41.2 Å². The van der Waals surface area contributed by atoms with Gasteiger partial charge in [0.15, 0.2) is 17.5 Å². The number of anilines is 3. The van der Waals surface area contributed by atoms with Crippen LogP contribution in [0.25, 0.3) is 11.4 Å². The Labute approximate surface area is 203 Å². The number of hydrogen-bond donors (Lipinski definition) is 1. The van der Waals surface area contributed by atoms with Gasteiger partial charge in [-0.25, -0.2) is 13.8 Å². The topological polar surface area (TPSA) is 88.8 Å². The van der Waals surface area contributed by atoms with Crippen LogP contribution in [0.15, 0.2) is 53.4 Å². The number of benzene rings is 2. The second-order valence-electron chi connectivity index (χ2n) is 8.08. The third-order valence-corrected chi connectivity index (χ3v) is 7.21. The zero-order chi connectivity index (χ0) is 24.5. The van der Waals surface area contributed by atoms with Crippen molar-refractivity contribution in [2.75, 3.05) is 22.5 Å². The molecule has 1 unspecified atom stereocenters. The van der Waals surface area contributed by atoms with Crippen LogP contribution in [0.4, 0.5) is 26.2 Å². The van der Waals surface area contributed by atoms with Crippen molar-refractivity contribution in [3.63, 3.8) is 0 Å². The second-order valence-corrected chi connectivity index (χ2v) is 9.75. The number of nitrogens with zero attached hydrogens (tertiary/aromatic N) is 6. The van der Waals surface area contributed by atoms with E-state index in [2.05, 4.69) is 25.5 Å². The molecule has 0 saturated carbocycles. The number of rotatable bonds is 6. The van der Waals surface area contributed by atoms with Gasteiger partial charge in [0, 0.05) is 30.1 Å². The van der Waals surface area contributed by atoms with Crippen LogP contribution in [-0.2, 0) is 23.9 Å². The Morgan fingerprint density at radius 2 is 1.83 bits per heavy atom. The van der Waals surface area contributed by atoms with Gasteiger partial charge in [0.25, 0.3) is 0 Å². The summed E-state index contributed by atoms with van der Waals surface area (Å²) >= 11 is 0. The molecule has 0 bridgehead atoms. The van der Waals surface area contributed by atoms with E-state index in [4.69, 9.17) is 0 Å². The number of halogens is 2. The van der Waals surface area contributed by atoms with E-state index in [0.29, 0.717) is 59.3 Å². The SMILES string of the molecule is CCS(=O)c1c(C)nc(N2CCn3c(nnc3-c3ccc(F)cc3)C2)nc1Nc1cccc(F)c1. The molecule has 35 heavy (non-hydrogen) atoms. The normalized spacial score (nSPS) is 14.0. The van der Waals surface area contributed by atoms with E-state index in [1.54, 1.807) is 31.2 Å². The summed E-state index contributed by atoms with van der Waals surface area (Å²) in [5.74, 6) is 1.97. The van der Waals surface area contributed by atoms with Crippen molar-refractivity contribution in [2.24, 2.45) is 0 Å². The maximum Gasteiger partial charge on any atom is 0.228 e. The van der Waals surface area contributed by atoms with Crippen molar-refractivity contribution in [1.29, 1.82) is 0 Å². The van der Waals surface area contributed by atoms with Crippen molar-refractivity contribution in [1.82, 2.24) is 24.7 Å². The number of fused-ring (bicyclic) bond motifs is 1. The first-order valence-electron chi connectivity index (χ1n) is 11.2. The molecule has 0 saturated heterocycles. The highest BCUT2D eigenvalue weighted by atomic mass is 32.2. The van der Waals surface area contributed by atoms with Crippen LogP contribution in [0.1, 0.15) is 18.4 Å². The molecule has 5 rings (SSSR count). The Bertz CT molecular complexity index is 1410. The third kappa shape index (κ3) is 4.63. The second kappa shape index (κ2) is 9.49. The van der Waals surface area contributed by atoms with Gasteiger partial charge in [-0.15, -0.1) is 10.2 Å². The van der Waals surface area contributed by atoms with Crippen LogP contribution in [0.2, 0.25) is 0 Å². The van der Waals surface area contributed by atoms with Gasteiger partial charge in [0.2, 0.25) is 5.95 Å². The predicted molar refractivity (Wildman–Crippen MR) is 130 cm³/mol. The minimum absolute atomic E-state index is 0.305. The Kier molecular flexibility index (Phi) is 6.25. The first-order valence-corrected chi connectivity index (χ1v) is 12.5. The van der Waals surface area contributed by atoms with Crippen molar-refractivity contribution in [3.8, 4) is 11.4 Å². The lowest BCUT2D eigenvalue weighted by atomic mass is 10.2. The van der Waals surface area contributed by atoms with Crippen LogP contribution in [0.3, 0.4) is 0 Å². The molecule has 2 aromatic carbocycles. The highest BCUT2D eigenvalue weighted by molar-refractivity contribution is 7.85. The molecule has 0 radical (unpaired) electrons. The summed E-state index contributed by atoms with van der Waals surface area (Å²) in [6.45, 7) is 5.22. The average Bonchev–Trinajstić information content (AvgIpc) is 3.27. The van der Waals surface area contributed by atoms with E-state index in [9.17, 15) is 13.0 Å². The molecule has 1 N–H and O–H groups in total. The molecular weight excluding hydrogens is 472 g/mol. The van der Waals surface area contributed by atoms with Crippen LogP contribution in [0, 0.1) is 18.6 Å². The maximum absolute atomic E-state index is 13.8. The molecule has 0 spiro atoms. The monoisotopic (exact) mass is 495 g/mol. The first kappa shape index (κ1) is 23.0. The van der Waals surface area contributed by atoms with Gasteiger partial charge < -0.3 is 14.8 Å². The summed E-state index contributed by atoms with van der Waals surface area (Å²) in [4.78, 5) is 11.8. The van der Waals surface area contributed by atoms with E-state index in [1.165, 1.54) is 24.3 Å². The summed E-state index contributed by atoms with van der Waals surface area (Å²) in [5, 5.41) is 11.8. The van der Waals surface area contributed by atoms with E-state index >= 15 is 0 Å². The molecule has 1 atom stereocenters. The van der Waals surface area contributed by atoms with Gasteiger partial charge in [0.05, 0.1) is 23.0 Å². The smallest absolute Gasteiger partial charge is 0.228 e. The molecule has 8 nitrogen and oxygen atoms in total. The highest BCUT2D eigenvalue weighted by Crippen LogP contribution is 2.29. The average molecular weight is 496 g/mol. The highest BCUT2D eigenvalue weighted by Gasteiger charge is 2.26. The Balaban J connectivity index is 1.47. The zero-order valence-electron chi connectivity index (χ0n) is 19.2. The van der Waals surface area contributed by atoms with E-state index in [0.717, 1.165) is 11.4 Å². The molecule has 1 aliphatic heterocycles. The summed E-state index contributed by atoms with van der Waals surface area (Å²) in [5.41, 5.74) is 1.89. The molecule has 3 heterocycles. The van der Waals surface area contributed by atoms with E-state index in [1.807, 2.05) is 16.4 Å². The maximum atomic E-state index is 13.8. The minimum Gasteiger partial charge on any atom is -0.339 e. The van der Waals surface area contributed by atoms with Crippen molar-refractivity contribution >= 4 is 28.3 Å². The Hall–Kier alpha value is -3.73. The van der Waals surface area contributed by atoms with Gasteiger partial charge in [0.1, 0.15) is 16.5 Å².